The molecule has 0 radical (unpaired) electrons. The van der Waals surface area contributed by atoms with Gasteiger partial charge in [-0.05, 0) is 12.3 Å². The molecular weight excluding hydrogens is 364 g/mol. The van der Waals surface area contributed by atoms with E-state index in [4.69, 9.17) is 18.9 Å². The topological polar surface area (TPSA) is 155 Å². The lowest BCUT2D eigenvalue weighted by Gasteiger charge is -2.43. The predicted molar refractivity (Wildman–Crippen MR) is 86.6 cm³/mol. The first-order valence-electron chi connectivity index (χ1n) is 8.88. The van der Waals surface area contributed by atoms with E-state index in [2.05, 4.69) is 0 Å². The fourth-order valence-corrected chi connectivity index (χ4v) is 4.10. The van der Waals surface area contributed by atoms with Crippen LogP contribution in [0.1, 0.15) is 13.3 Å². The maximum absolute atomic E-state index is 12.0. The quantitative estimate of drug-likeness (QED) is 0.336. The van der Waals surface area contributed by atoms with Gasteiger partial charge >= 0.3 is 5.97 Å². The molecule has 154 valence electrons. The Morgan fingerprint density at radius 2 is 1.89 bits per heavy atom. The SMILES string of the molecule is COC(=O)C1=CO[C@@H](OC2O[C@H](CO)[C@@H](O)[C@H](O)[C@H]2O)[C@@H]2[C@@H](C)[C@@H](O)C[C@H]12. The largest absolute Gasteiger partial charge is 0.472 e. The van der Waals surface area contributed by atoms with Gasteiger partial charge in [-0.25, -0.2) is 4.79 Å². The third-order valence-corrected chi connectivity index (χ3v) is 5.75. The standard InChI is InChI=1S/C17H26O10/c1-6-9(19)3-7-8(15(23)24-2)5-25-16(11(6)7)27-17-14(22)13(21)12(20)10(4-18)26-17/h5-7,9-14,16-22H,3-4H2,1-2H3/t6-,7+,9-,10+,11+,12+,13-,14+,16-,17?/m0/s1. The molecule has 10 atom stereocenters. The highest BCUT2D eigenvalue weighted by atomic mass is 16.8. The van der Waals surface area contributed by atoms with Crippen LogP contribution in [0.25, 0.3) is 0 Å². The Morgan fingerprint density at radius 1 is 1.19 bits per heavy atom. The molecule has 5 N–H and O–H groups in total. The summed E-state index contributed by atoms with van der Waals surface area (Å²) in [5.41, 5.74) is 0.291. The first-order valence-corrected chi connectivity index (χ1v) is 8.88. The van der Waals surface area contributed by atoms with Crippen molar-refractivity contribution in [2.75, 3.05) is 13.7 Å². The third kappa shape index (κ3) is 3.58. The number of esters is 1. The van der Waals surface area contributed by atoms with Gasteiger partial charge in [-0.2, -0.15) is 0 Å². The minimum Gasteiger partial charge on any atom is -0.472 e. The number of hydrogen-bond acceptors (Lipinski definition) is 10. The van der Waals surface area contributed by atoms with Gasteiger partial charge in [-0.15, -0.1) is 0 Å². The maximum Gasteiger partial charge on any atom is 0.337 e. The number of rotatable bonds is 4. The fraction of sp³-hybridized carbons (Fsp3) is 0.824. The second-order valence-electron chi connectivity index (χ2n) is 7.25. The average molecular weight is 390 g/mol. The van der Waals surface area contributed by atoms with E-state index in [1.165, 1.54) is 13.4 Å². The summed E-state index contributed by atoms with van der Waals surface area (Å²) in [7, 11) is 1.25. The summed E-state index contributed by atoms with van der Waals surface area (Å²) in [5, 5.41) is 49.4. The lowest BCUT2D eigenvalue weighted by atomic mass is 9.83. The van der Waals surface area contributed by atoms with Gasteiger partial charge in [0.05, 0.1) is 31.7 Å². The molecule has 0 amide bonds. The summed E-state index contributed by atoms with van der Waals surface area (Å²) < 4.78 is 21.4. The lowest BCUT2D eigenvalue weighted by molar-refractivity contribution is -0.342. The Bertz CT molecular complexity index is 578. The van der Waals surface area contributed by atoms with Crippen LogP contribution in [0.5, 0.6) is 0 Å². The van der Waals surface area contributed by atoms with Crippen molar-refractivity contribution in [3.05, 3.63) is 11.8 Å². The molecule has 27 heavy (non-hydrogen) atoms. The smallest absolute Gasteiger partial charge is 0.337 e. The summed E-state index contributed by atoms with van der Waals surface area (Å²) in [6.07, 6.45) is -7.25. The van der Waals surface area contributed by atoms with Crippen LogP contribution in [-0.2, 0) is 23.7 Å². The van der Waals surface area contributed by atoms with Crippen LogP contribution in [0.15, 0.2) is 11.8 Å². The zero-order valence-electron chi connectivity index (χ0n) is 15.0. The molecule has 0 spiro atoms. The molecule has 10 nitrogen and oxygen atoms in total. The first-order chi connectivity index (χ1) is 12.8. The van der Waals surface area contributed by atoms with Crippen LogP contribution in [0.4, 0.5) is 0 Å². The molecule has 0 bridgehead atoms. The van der Waals surface area contributed by atoms with Crippen molar-refractivity contribution in [2.24, 2.45) is 17.8 Å². The number of hydrogen-bond donors (Lipinski definition) is 5. The first kappa shape index (κ1) is 20.5. The maximum atomic E-state index is 12.0. The van der Waals surface area contributed by atoms with Crippen molar-refractivity contribution in [3.63, 3.8) is 0 Å². The number of ether oxygens (including phenoxy) is 4. The molecule has 1 saturated carbocycles. The van der Waals surface area contributed by atoms with Crippen LogP contribution < -0.4 is 0 Å². The number of methoxy groups -OCH3 is 1. The Hall–Kier alpha value is -1.27. The van der Waals surface area contributed by atoms with Gasteiger partial charge in [0.15, 0.2) is 6.29 Å². The molecule has 3 aliphatic rings. The summed E-state index contributed by atoms with van der Waals surface area (Å²) in [5.74, 6) is -1.63. The van der Waals surface area contributed by atoms with E-state index in [0.717, 1.165) is 0 Å². The number of aliphatic hydroxyl groups excluding tert-OH is 5. The number of aliphatic hydroxyl groups is 5. The van der Waals surface area contributed by atoms with Gasteiger partial charge in [0, 0.05) is 11.8 Å². The fourth-order valence-electron chi connectivity index (χ4n) is 4.10. The van der Waals surface area contributed by atoms with Gasteiger partial charge in [-0.3, -0.25) is 0 Å². The Morgan fingerprint density at radius 3 is 2.52 bits per heavy atom. The highest BCUT2D eigenvalue weighted by Crippen LogP contribution is 2.47. The second-order valence-corrected chi connectivity index (χ2v) is 7.25. The van der Waals surface area contributed by atoms with Crippen molar-refractivity contribution in [2.45, 2.75) is 56.4 Å². The van der Waals surface area contributed by atoms with Crippen LogP contribution in [-0.4, -0.2) is 88.3 Å². The Balaban J connectivity index is 1.80. The molecule has 0 aromatic carbocycles. The van der Waals surface area contributed by atoms with Crippen LogP contribution in [0, 0.1) is 17.8 Å². The van der Waals surface area contributed by atoms with Crippen LogP contribution in [0.2, 0.25) is 0 Å². The van der Waals surface area contributed by atoms with E-state index < -0.39 is 61.6 Å². The molecule has 1 saturated heterocycles. The molecule has 10 heteroatoms. The average Bonchev–Trinajstić information content (AvgIpc) is 2.96. The molecule has 2 heterocycles. The van der Waals surface area contributed by atoms with Crippen molar-refractivity contribution < 1.29 is 49.3 Å². The number of fused-ring (bicyclic) bond motifs is 1. The van der Waals surface area contributed by atoms with E-state index >= 15 is 0 Å². The Kier molecular flexibility index (Phi) is 6.06. The number of carbonyl (C=O) groups is 1. The van der Waals surface area contributed by atoms with Crippen molar-refractivity contribution in [3.8, 4) is 0 Å². The highest BCUT2D eigenvalue weighted by molar-refractivity contribution is 5.89. The van der Waals surface area contributed by atoms with Crippen molar-refractivity contribution in [1.82, 2.24) is 0 Å². The van der Waals surface area contributed by atoms with Gasteiger partial charge in [-0.1, -0.05) is 6.92 Å². The molecular formula is C17H26O10. The molecule has 2 aliphatic heterocycles. The molecule has 0 aromatic heterocycles. The van der Waals surface area contributed by atoms with E-state index in [1.807, 2.05) is 0 Å². The van der Waals surface area contributed by atoms with E-state index in [-0.39, 0.29) is 11.8 Å². The molecule has 3 rings (SSSR count). The van der Waals surface area contributed by atoms with E-state index in [9.17, 15) is 30.3 Å². The van der Waals surface area contributed by atoms with Crippen LogP contribution >= 0.6 is 0 Å². The van der Waals surface area contributed by atoms with Crippen molar-refractivity contribution in [1.29, 1.82) is 0 Å². The van der Waals surface area contributed by atoms with E-state index in [0.29, 0.717) is 12.0 Å². The van der Waals surface area contributed by atoms with Crippen molar-refractivity contribution >= 4 is 5.97 Å². The third-order valence-electron chi connectivity index (χ3n) is 5.75. The lowest BCUT2D eigenvalue weighted by Crippen LogP contribution is -2.60. The monoisotopic (exact) mass is 390 g/mol. The van der Waals surface area contributed by atoms with Gasteiger partial charge in [0.25, 0.3) is 0 Å². The minimum absolute atomic E-state index is 0.279. The molecule has 2 fully saturated rings. The summed E-state index contributed by atoms with van der Waals surface area (Å²) in [4.78, 5) is 12.0. The highest BCUT2D eigenvalue weighted by Gasteiger charge is 2.53. The molecule has 1 aliphatic carbocycles. The summed E-state index contributed by atoms with van der Waals surface area (Å²) in [6, 6.07) is 0. The summed E-state index contributed by atoms with van der Waals surface area (Å²) in [6.45, 7) is 1.21. The normalized spacial score (nSPS) is 47.0. The van der Waals surface area contributed by atoms with E-state index in [1.54, 1.807) is 6.92 Å². The molecule has 1 unspecified atom stereocenters. The Labute approximate surface area is 155 Å². The van der Waals surface area contributed by atoms with Crippen LogP contribution in [0.3, 0.4) is 0 Å². The minimum atomic E-state index is -1.58. The number of carbonyl (C=O) groups excluding carboxylic acids is 1. The zero-order valence-corrected chi connectivity index (χ0v) is 15.0. The second kappa shape index (κ2) is 8.00. The summed E-state index contributed by atoms with van der Waals surface area (Å²) >= 11 is 0. The van der Waals surface area contributed by atoms with Gasteiger partial charge in [0.2, 0.25) is 6.29 Å². The zero-order chi connectivity index (χ0) is 19.9. The van der Waals surface area contributed by atoms with Gasteiger partial charge in [0.1, 0.15) is 24.4 Å². The van der Waals surface area contributed by atoms with Gasteiger partial charge < -0.3 is 44.5 Å². The molecule has 0 aromatic rings. The predicted octanol–water partition coefficient (Wildman–Crippen LogP) is -2.15.